The van der Waals surface area contributed by atoms with Gasteiger partial charge in [-0.15, -0.1) is 4.98 Å². The number of benzene rings is 1. The van der Waals surface area contributed by atoms with Crippen LogP contribution in [0.5, 0.6) is 11.8 Å². The molecule has 0 radical (unpaired) electrons. The van der Waals surface area contributed by atoms with E-state index in [-0.39, 0.29) is 6.01 Å². The van der Waals surface area contributed by atoms with Crippen molar-refractivity contribution in [1.82, 2.24) is 25.1 Å². The molecule has 0 atom stereocenters. The second-order valence-electron chi connectivity index (χ2n) is 3.69. The molecule has 0 aliphatic rings. The van der Waals surface area contributed by atoms with E-state index < -0.39 is 11.4 Å². The van der Waals surface area contributed by atoms with Crippen LogP contribution in [-0.4, -0.2) is 25.1 Å². The SMILES string of the molecule is O=c1nc(Oc2ccc3[nH][nH]c(=S)c3c2)[nH]c(=O)[nH]1. The first kappa shape index (κ1) is 11.4. The zero-order valence-corrected chi connectivity index (χ0v) is 10.1. The molecular formula is C10H7N5O3S. The monoisotopic (exact) mass is 277 g/mol. The van der Waals surface area contributed by atoms with Crippen LogP contribution in [0.1, 0.15) is 0 Å². The van der Waals surface area contributed by atoms with Crippen molar-refractivity contribution in [2.45, 2.75) is 0 Å². The number of rotatable bonds is 2. The van der Waals surface area contributed by atoms with Crippen molar-refractivity contribution in [3.05, 3.63) is 43.8 Å². The van der Waals surface area contributed by atoms with E-state index in [1.165, 1.54) is 0 Å². The summed E-state index contributed by atoms with van der Waals surface area (Å²) in [5, 5.41) is 6.44. The number of hydrogen-bond acceptors (Lipinski definition) is 5. The molecule has 0 unspecified atom stereocenters. The highest BCUT2D eigenvalue weighted by Gasteiger charge is 2.04. The van der Waals surface area contributed by atoms with Crippen molar-refractivity contribution < 1.29 is 4.74 Å². The highest BCUT2D eigenvalue weighted by atomic mass is 32.1. The Morgan fingerprint density at radius 3 is 2.79 bits per heavy atom. The molecule has 0 bridgehead atoms. The van der Waals surface area contributed by atoms with Crippen molar-refractivity contribution in [2.24, 2.45) is 0 Å². The van der Waals surface area contributed by atoms with E-state index in [2.05, 4.69) is 20.2 Å². The van der Waals surface area contributed by atoms with Gasteiger partial charge in [0.2, 0.25) is 0 Å². The van der Waals surface area contributed by atoms with Gasteiger partial charge in [0.15, 0.2) is 0 Å². The third kappa shape index (κ3) is 2.18. The molecule has 19 heavy (non-hydrogen) atoms. The maximum Gasteiger partial charge on any atom is 0.353 e. The number of aromatic amines is 4. The van der Waals surface area contributed by atoms with Crippen LogP contribution in [0.3, 0.4) is 0 Å². The van der Waals surface area contributed by atoms with Gasteiger partial charge in [-0.3, -0.25) is 20.2 Å². The summed E-state index contributed by atoms with van der Waals surface area (Å²) in [5.74, 6) is 0.403. The highest BCUT2D eigenvalue weighted by molar-refractivity contribution is 7.71. The molecule has 96 valence electrons. The smallest absolute Gasteiger partial charge is 0.353 e. The van der Waals surface area contributed by atoms with Gasteiger partial charge in [-0.2, -0.15) is 0 Å². The average molecular weight is 277 g/mol. The summed E-state index contributed by atoms with van der Waals surface area (Å²) in [7, 11) is 0. The highest BCUT2D eigenvalue weighted by Crippen LogP contribution is 2.22. The van der Waals surface area contributed by atoms with Crippen molar-refractivity contribution in [3.8, 4) is 11.8 Å². The van der Waals surface area contributed by atoms with E-state index in [0.717, 1.165) is 10.9 Å². The summed E-state index contributed by atoms with van der Waals surface area (Å²) in [4.78, 5) is 29.8. The van der Waals surface area contributed by atoms with Gasteiger partial charge >= 0.3 is 17.4 Å². The molecule has 3 aromatic rings. The van der Waals surface area contributed by atoms with Gasteiger partial charge in [0.05, 0.1) is 5.52 Å². The lowest BCUT2D eigenvalue weighted by atomic mass is 10.2. The molecule has 0 aliphatic carbocycles. The number of H-pyrrole nitrogens is 4. The molecule has 1 aromatic carbocycles. The molecule has 8 nitrogen and oxygen atoms in total. The normalized spacial score (nSPS) is 10.7. The summed E-state index contributed by atoms with van der Waals surface area (Å²) in [6.45, 7) is 0. The third-order valence-electron chi connectivity index (χ3n) is 2.40. The summed E-state index contributed by atoms with van der Waals surface area (Å²) in [5.41, 5.74) is -0.640. The summed E-state index contributed by atoms with van der Waals surface area (Å²) in [6, 6.07) is 4.90. The van der Waals surface area contributed by atoms with Crippen LogP contribution in [0, 0.1) is 4.64 Å². The molecule has 3 rings (SSSR count). The van der Waals surface area contributed by atoms with Crippen molar-refractivity contribution in [2.75, 3.05) is 0 Å². The van der Waals surface area contributed by atoms with Crippen LogP contribution in [0.25, 0.3) is 10.9 Å². The number of fused-ring (bicyclic) bond motifs is 1. The standard InChI is InChI=1S/C10H7N5O3S/c16-8-11-9(17)13-10(12-8)18-4-1-2-6-5(3-4)7(19)15-14-6/h1-3H,(H2,14,15,19)(H2,11,12,13,16,17). The fourth-order valence-corrected chi connectivity index (χ4v) is 1.83. The molecule has 0 fully saturated rings. The van der Waals surface area contributed by atoms with Crippen LogP contribution in [0.15, 0.2) is 27.8 Å². The minimum absolute atomic E-state index is 0.182. The van der Waals surface area contributed by atoms with E-state index in [1.54, 1.807) is 18.2 Å². The molecule has 0 spiro atoms. The summed E-state index contributed by atoms with van der Waals surface area (Å²) in [6.07, 6.45) is 0. The Kier molecular flexibility index (Phi) is 2.53. The largest absolute Gasteiger partial charge is 0.425 e. The second-order valence-corrected chi connectivity index (χ2v) is 4.10. The number of hydrogen-bond donors (Lipinski definition) is 4. The van der Waals surface area contributed by atoms with E-state index >= 15 is 0 Å². The van der Waals surface area contributed by atoms with Crippen LogP contribution >= 0.6 is 12.2 Å². The lowest BCUT2D eigenvalue weighted by Crippen LogP contribution is -2.24. The Bertz CT molecular complexity index is 891. The second kappa shape index (κ2) is 4.21. The molecule has 0 aliphatic heterocycles. The van der Waals surface area contributed by atoms with Crippen molar-refractivity contribution >= 4 is 23.1 Å². The predicted molar refractivity (Wildman–Crippen MR) is 69.0 cm³/mol. The first-order valence-corrected chi connectivity index (χ1v) is 5.61. The van der Waals surface area contributed by atoms with Crippen LogP contribution in [0.4, 0.5) is 0 Å². The minimum atomic E-state index is -0.779. The molecular weight excluding hydrogens is 270 g/mol. The van der Waals surface area contributed by atoms with Crippen LogP contribution < -0.4 is 16.1 Å². The molecule has 0 saturated carbocycles. The van der Waals surface area contributed by atoms with Gasteiger partial charge < -0.3 is 4.74 Å². The van der Waals surface area contributed by atoms with E-state index in [1.807, 2.05) is 4.98 Å². The lowest BCUT2D eigenvalue weighted by molar-refractivity contribution is 0.434. The molecule has 0 amide bonds. The number of nitrogens with zero attached hydrogens (tertiary/aromatic N) is 1. The maximum absolute atomic E-state index is 11.1. The van der Waals surface area contributed by atoms with Crippen LogP contribution in [0.2, 0.25) is 0 Å². The lowest BCUT2D eigenvalue weighted by Gasteiger charge is -2.02. The predicted octanol–water partition coefficient (Wildman–Crippen LogP) is 0.789. The fourth-order valence-electron chi connectivity index (χ4n) is 1.61. The summed E-state index contributed by atoms with van der Waals surface area (Å²) >= 11 is 5.08. The van der Waals surface area contributed by atoms with Gasteiger partial charge in [-0.25, -0.2) is 9.59 Å². The Labute approximate surface area is 109 Å². The van der Waals surface area contributed by atoms with Gasteiger partial charge in [0.25, 0.3) is 0 Å². The Balaban J connectivity index is 2.05. The molecule has 0 saturated heterocycles. The minimum Gasteiger partial charge on any atom is -0.425 e. The maximum atomic E-state index is 11.1. The Morgan fingerprint density at radius 2 is 2.00 bits per heavy atom. The molecule has 4 N–H and O–H groups in total. The quantitative estimate of drug-likeness (QED) is 0.516. The third-order valence-corrected chi connectivity index (χ3v) is 2.73. The Morgan fingerprint density at radius 1 is 1.16 bits per heavy atom. The first-order chi connectivity index (χ1) is 9.11. The van der Waals surface area contributed by atoms with Gasteiger partial charge in [-0.05, 0) is 18.2 Å². The van der Waals surface area contributed by atoms with Crippen molar-refractivity contribution in [3.63, 3.8) is 0 Å². The number of nitrogens with one attached hydrogen (secondary N) is 4. The first-order valence-electron chi connectivity index (χ1n) is 5.21. The van der Waals surface area contributed by atoms with Gasteiger partial charge in [0, 0.05) is 5.39 Å². The van der Waals surface area contributed by atoms with E-state index in [9.17, 15) is 9.59 Å². The van der Waals surface area contributed by atoms with E-state index in [4.69, 9.17) is 17.0 Å². The number of aromatic nitrogens is 5. The van der Waals surface area contributed by atoms with E-state index in [0.29, 0.717) is 10.4 Å². The number of ether oxygens (including phenoxy) is 1. The van der Waals surface area contributed by atoms with Crippen LogP contribution in [-0.2, 0) is 0 Å². The Hall–Kier alpha value is -2.68. The fraction of sp³-hybridized carbons (Fsp3) is 0. The average Bonchev–Trinajstić information content (AvgIpc) is 2.70. The van der Waals surface area contributed by atoms with Gasteiger partial charge in [-0.1, -0.05) is 12.2 Å². The van der Waals surface area contributed by atoms with Crippen molar-refractivity contribution in [1.29, 1.82) is 0 Å². The zero-order valence-electron chi connectivity index (χ0n) is 9.31. The molecule has 2 aromatic heterocycles. The molecule has 2 heterocycles. The zero-order chi connectivity index (χ0) is 13.4. The topological polar surface area (TPSA) is 119 Å². The molecule has 9 heteroatoms. The van der Waals surface area contributed by atoms with Gasteiger partial charge in [0.1, 0.15) is 10.4 Å². The summed E-state index contributed by atoms with van der Waals surface area (Å²) < 4.78 is 5.85.